The van der Waals surface area contributed by atoms with Gasteiger partial charge in [0.05, 0.1) is 12.2 Å². The van der Waals surface area contributed by atoms with Crippen LogP contribution in [-0.2, 0) is 4.74 Å². The molecule has 0 spiro atoms. The first kappa shape index (κ1) is 12.9. The van der Waals surface area contributed by atoms with E-state index in [9.17, 15) is 4.79 Å². The highest BCUT2D eigenvalue weighted by atomic mass is 32.2. The van der Waals surface area contributed by atoms with Gasteiger partial charge in [-0.2, -0.15) is 11.8 Å². The second kappa shape index (κ2) is 6.43. The lowest BCUT2D eigenvalue weighted by Crippen LogP contribution is -2.09. The Labute approximate surface area is 100 Å². The van der Waals surface area contributed by atoms with Gasteiger partial charge in [0.15, 0.2) is 0 Å². The Morgan fingerprint density at radius 2 is 2.25 bits per heavy atom. The van der Waals surface area contributed by atoms with E-state index >= 15 is 0 Å². The quantitative estimate of drug-likeness (QED) is 0.487. The molecule has 0 saturated heterocycles. The fourth-order valence-electron chi connectivity index (χ4n) is 1.31. The van der Waals surface area contributed by atoms with Crippen molar-refractivity contribution in [1.82, 2.24) is 0 Å². The molecule has 0 aliphatic carbocycles. The van der Waals surface area contributed by atoms with Crippen LogP contribution in [0.2, 0.25) is 0 Å². The third-order valence-electron chi connectivity index (χ3n) is 2.21. The van der Waals surface area contributed by atoms with Gasteiger partial charge in [-0.1, -0.05) is 6.07 Å². The van der Waals surface area contributed by atoms with Crippen LogP contribution in [0.3, 0.4) is 0 Å². The Bertz CT molecular complexity index is 366. The monoisotopic (exact) mass is 239 g/mol. The number of thioether (sulfide) groups is 1. The van der Waals surface area contributed by atoms with E-state index < -0.39 is 0 Å². The number of nitrogens with two attached hydrogens (primary N) is 1. The van der Waals surface area contributed by atoms with Crippen LogP contribution in [0.1, 0.15) is 22.3 Å². The van der Waals surface area contributed by atoms with Crippen molar-refractivity contribution in [3.05, 3.63) is 29.3 Å². The highest BCUT2D eigenvalue weighted by Gasteiger charge is 2.10. The first-order chi connectivity index (χ1) is 7.65. The van der Waals surface area contributed by atoms with Crippen LogP contribution in [0, 0.1) is 6.92 Å². The molecule has 1 aromatic carbocycles. The Morgan fingerprint density at radius 3 is 2.94 bits per heavy atom. The van der Waals surface area contributed by atoms with Crippen molar-refractivity contribution in [2.75, 3.05) is 24.3 Å². The molecule has 2 N–H and O–H groups in total. The number of carbonyl (C=O) groups is 1. The summed E-state index contributed by atoms with van der Waals surface area (Å²) in [6.07, 6.45) is 2.91. The number of carbonyl (C=O) groups excluding carboxylic acids is 1. The Balaban J connectivity index is 2.55. The summed E-state index contributed by atoms with van der Waals surface area (Å²) in [6.45, 7) is 2.34. The van der Waals surface area contributed by atoms with E-state index in [0.717, 1.165) is 17.7 Å². The molecule has 0 aliphatic heterocycles. The van der Waals surface area contributed by atoms with Gasteiger partial charge in [-0.25, -0.2) is 4.79 Å². The molecule has 3 nitrogen and oxygen atoms in total. The van der Waals surface area contributed by atoms with Gasteiger partial charge in [0, 0.05) is 5.69 Å². The van der Waals surface area contributed by atoms with Crippen LogP contribution < -0.4 is 5.73 Å². The van der Waals surface area contributed by atoms with Crippen molar-refractivity contribution in [2.45, 2.75) is 13.3 Å². The van der Waals surface area contributed by atoms with Crippen LogP contribution in [0.25, 0.3) is 0 Å². The summed E-state index contributed by atoms with van der Waals surface area (Å²) in [4.78, 5) is 11.7. The van der Waals surface area contributed by atoms with Crippen molar-refractivity contribution < 1.29 is 9.53 Å². The molecule has 0 fully saturated rings. The molecule has 16 heavy (non-hydrogen) atoms. The number of ether oxygens (including phenoxy) is 1. The van der Waals surface area contributed by atoms with E-state index in [1.54, 1.807) is 23.9 Å². The molecule has 0 saturated carbocycles. The van der Waals surface area contributed by atoms with Crippen LogP contribution in [0.15, 0.2) is 18.2 Å². The summed E-state index contributed by atoms with van der Waals surface area (Å²) in [5.41, 5.74) is 7.67. The lowest BCUT2D eigenvalue weighted by Gasteiger charge is -2.07. The number of nitrogen functional groups attached to an aromatic ring is 1. The number of benzene rings is 1. The van der Waals surface area contributed by atoms with Gasteiger partial charge < -0.3 is 10.5 Å². The molecule has 1 aromatic rings. The first-order valence-electron chi connectivity index (χ1n) is 5.17. The number of hydrogen-bond donors (Lipinski definition) is 1. The molecule has 0 atom stereocenters. The predicted molar refractivity (Wildman–Crippen MR) is 68.9 cm³/mol. The molecular formula is C12H17NO2S. The third kappa shape index (κ3) is 3.77. The zero-order chi connectivity index (χ0) is 12.0. The Morgan fingerprint density at radius 1 is 1.50 bits per heavy atom. The summed E-state index contributed by atoms with van der Waals surface area (Å²) in [5, 5.41) is 0. The fourth-order valence-corrected chi connectivity index (χ4v) is 1.71. The van der Waals surface area contributed by atoms with Gasteiger partial charge in [0.2, 0.25) is 0 Å². The SMILES string of the molecule is CSCCCOC(=O)c1cc(N)ccc1C. The van der Waals surface area contributed by atoms with Gasteiger partial charge in [0.1, 0.15) is 0 Å². The molecular weight excluding hydrogens is 222 g/mol. The lowest BCUT2D eigenvalue weighted by atomic mass is 10.1. The normalized spacial score (nSPS) is 10.1. The maximum Gasteiger partial charge on any atom is 0.338 e. The third-order valence-corrected chi connectivity index (χ3v) is 2.90. The average Bonchev–Trinajstić information content (AvgIpc) is 2.27. The van der Waals surface area contributed by atoms with E-state index in [4.69, 9.17) is 10.5 Å². The van der Waals surface area contributed by atoms with Gasteiger partial charge in [-0.3, -0.25) is 0 Å². The first-order valence-corrected chi connectivity index (χ1v) is 6.56. The van der Waals surface area contributed by atoms with E-state index in [0.29, 0.717) is 17.9 Å². The minimum absolute atomic E-state index is 0.286. The maximum absolute atomic E-state index is 11.7. The van der Waals surface area contributed by atoms with Crippen molar-refractivity contribution in [2.24, 2.45) is 0 Å². The molecule has 0 bridgehead atoms. The average molecular weight is 239 g/mol. The Kier molecular flexibility index (Phi) is 5.19. The van der Waals surface area contributed by atoms with Crippen molar-refractivity contribution >= 4 is 23.4 Å². The molecule has 4 heteroatoms. The number of anilines is 1. The molecule has 1 rings (SSSR count). The van der Waals surface area contributed by atoms with Gasteiger partial charge in [0.25, 0.3) is 0 Å². The number of esters is 1. The van der Waals surface area contributed by atoms with Gasteiger partial charge in [-0.15, -0.1) is 0 Å². The second-order valence-electron chi connectivity index (χ2n) is 3.56. The van der Waals surface area contributed by atoms with Gasteiger partial charge in [-0.05, 0) is 43.0 Å². The molecule has 88 valence electrons. The van der Waals surface area contributed by atoms with E-state index in [-0.39, 0.29) is 5.97 Å². The number of rotatable bonds is 5. The fraction of sp³-hybridized carbons (Fsp3) is 0.417. The van der Waals surface area contributed by atoms with Crippen LogP contribution in [0.5, 0.6) is 0 Å². The number of aryl methyl sites for hydroxylation is 1. The topological polar surface area (TPSA) is 52.3 Å². The van der Waals surface area contributed by atoms with Crippen molar-refractivity contribution in [1.29, 1.82) is 0 Å². The molecule has 0 aliphatic rings. The summed E-state index contributed by atoms with van der Waals surface area (Å²) in [6, 6.07) is 5.26. The zero-order valence-corrected chi connectivity index (χ0v) is 10.5. The van der Waals surface area contributed by atoms with Crippen LogP contribution in [-0.4, -0.2) is 24.6 Å². The minimum atomic E-state index is -0.286. The second-order valence-corrected chi connectivity index (χ2v) is 4.54. The van der Waals surface area contributed by atoms with E-state index in [1.165, 1.54) is 0 Å². The summed E-state index contributed by atoms with van der Waals surface area (Å²) in [5.74, 6) is 0.717. The molecule has 0 radical (unpaired) electrons. The zero-order valence-electron chi connectivity index (χ0n) is 9.66. The van der Waals surface area contributed by atoms with Crippen molar-refractivity contribution in [3.8, 4) is 0 Å². The predicted octanol–water partition coefficient (Wildman–Crippen LogP) is 2.49. The molecule has 0 unspecified atom stereocenters. The molecule has 0 heterocycles. The molecule has 0 aromatic heterocycles. The van der Waals surface area contributed by atoms with Crippen LogP contribution >= 0.6 is 11.8 Å². The van der Waals surface area contributed by atoms with E-state index in [2.05, 4.69) is 0 Å². The largest absolute Gasteiger partial charge is 0.462 e. The van der Waals surface area contributed by atoms with E-state index in [1.807, 2.05) is 19.2 Å². The molecule has 0 amide bonds. The summed E-state index contributed by atoms with van der Waals surface area (Å²) in [7, 11) is 0. The highest BCUT2D eigenvalue weighted by Crippen LogP contribution is 2.14. The highest BCUT2D eigenvalue weighted by molar-refractivity contribution is 7.98. The van der Waals surface area contributed by atoms with Gasteiger partial charge >= 0.3 is 5.97 Å². The Hall–Kier alpha value is -1.16. The minimum Gasteiger partial charge on any atom is -0.462 e. The summed E-state index contributed by atoms with van der Waals surface area (Å²) < 4.78 is 5.16. The van der Waals surface area contributed by atoms with Crippen LogP contribution in [0.4, 0.5) is 5.69 Å². The van der Waals surface area contributed by atoms with Crippen molar-refractivity contribution in [3.63, 3.8) is 0 Å². The smallest absolute Gasteiger partial charge is 0.338 e. The number of hydrogen-bond acceptors (Lipinski definition) is 4. The maximum atomic E-state index is 11.7. The standard InChI is InChI=1S/C12H17NO2S/c1-9-4-5-10(13)8-11(9)12(14)15-6-3-7-16-2/h4-5,8H,3,6-7,13H2,1-2H3. The lowest BCUT2D eigenvalue weighted by molar-refractivity contribution is 0.0505. The summed E-state index contributed by atoms with van der Waals surface area (Å²) >= 11 is 1.74.